The first-order chi connectivity index (χ1) is 8.18. The van der Waals surface area contributed by atoms with Crippen LogP contribution in [0.4, 0.5) is 0 Å². The number of hydrogen-bond acceptors (Lipinski definition) is 4. The summed E-state index contributed by atoms with van der Waals surface area (Å²) in [4.78, 5) is 12.1. The molecule has 5 heteroatoms. The molecule has 17 heavy (non-hydrogen) atoms. The number of carbonyl (C=O) groups is 1. The molecule has 1 unspecified atom stereocenters. The number of carboxylic acid groups (broad SMARTS) is 1. The molecule has 0 spiro atoms. The molecule has 4 nitrogen and oxygen atoms in total. The quantitative estimate of drug-likeness (QED) is 0.857. The average molecular weight is 251 g/mol. The zero-order chi connectivity index (χ0) is 12.3. The number of aromatic carboxylic acids is 1. The fourth-order valence-corrected chi connectivity index (χ4v) is 2.32. The topological polar surface area (TPSA) is 62.5 Å². The molecule has 0 radical (unpaired) electrons. The Hall–Kier alpha value is -1.59. The van der Waals surface area contributed by atoms with E-state index in [2.05, 4.69) is 11.4 Å². The summed E-state index contributed by atoms with van der Waals surface area (Å²) in [6.45, 7) is 2.53. The van der Waals surface area contributed by atoms with E-state index in [-0.39, 0.29) is 11.8 Å². The van der Waals surface area contributed by atoms with Crippen LogP contribution in [0, 0.1) is 0 Å². The first kappa shape index (κ1) is 11.9. The lowest BCUT2D eigenvalue weighted by Gasteiger charge is -2.11. The van der Waals surface area contributed by atoms with Crippen molar-refractivity contribution in [3.05, 3.63) is 46.0 Å². The predicted molar refractivity (Wildman–Crippen MR) is 65.2 cm³/mol. The van der Waals surface area contributed by atoms with Crippen LogP contribution in [-0.4, -0.2) is 11.1 Å². The van der Waals surface area contributed by atoms with E-state index >= 15 is 0 Å². The number of thiophene rings is 1. The van der Waals surface area contributed by atoms with E-state index in [1.54, 1.807) is 17.4 Å². The van der Waals surface area contributed by atoms with Crippen LogP contribution in [0.5, 0.6) is 0 Å². The summed E-state index contributed by atoms with van der Waals surface area (Å²) in [5.41, 5.74) is 0.668. The van der Waals surface area contributed by atoms with E-state index in [4.69, 9.17) is 9.52 Å². The molecule has 0 amide bonds. The molecule has 0 aliphatic carbocycles. The molecular weight excluding hydrogens is 238 g/mol. The Kier molecular flexibility index (Phi) is 3.61. The van der Waals surface area contributed by atoms with Crippen LogP contribution < -0.4 is 5.32 Å². The number of carboxylic acids is 1. The predicted octanol–water partition coefficient (Wildman–Crippen LogP) is 2.89. The van der Waals surface area contributed by atoms with Gasteiger partial charge in [-0.25, -0.2) is 4.79 Å². The van der Waals surface area contributed by atoms with Gasteiger partial charge in [0.2, 0.25) is 5.76 Å². The molecule has 0 fully saturated rings. The maximum Gasteiger partial charge on any atom is 0.372 e. The molecule has 2 aromatic heterocycles. The molecule has 2 aromatic rings. The van der Waals surface area contributed by atoms with Crippen LogP contribution in [0.3, 0.4) is 0 Å². The van der Waals surface area contributed by atoms with Gasteiger partial charge in [0, 0.05) is 23.0 Å². The van der Waals surface area contributed by atoms with Gasteiger partial charge in [-0.1, -0.05) is 6.07 Å². The van der Waals surface area contributed by atoms with Gasteiger partial charge in [0.05, 0.1) is 6.26 Å². The zero-order valence-electron chi connectivity index (χ0n) is 9.34. The molecule has 0 saturated carbocycles. The second kappa shape index (κ2) is 5.16. The van der Waals surface area contributed by atoms with Crippen LogP contribution in [0.1, 0.15) is 34.0 Å². The van der Waals surface area contributed by atoms with Crippen LogP contribution in [0.15, 0.2) is 34.3 Å². The third kappa shape index (κ3) is 2.75. The largest absolute Gasteiger partial charge is 0.475 e. The number of nitrogens with one attached hydrogen (secondary N) is 1. The maximum absolute atomic E-state index is 10.8. The second-order valence-corrected chi connectivity index (χ2v) is 4.68. The van der Waals surface area contributed by atoms with Crippen LogP contribution in [-0.2, 0) is 6.54 Å². The van der Waals surface area contributed by atoms with E-state index in [0.717, 1.165) is 0 Å². The fourth-order valence-electron chi connectivity index (χ4n) is 1.56. The minimum absolute atomic E-state index is 0.0101. The minimum Gasteiger partial charge on any atom is -0.475 e. The summed E-state index contributed by atoms with van der Waals surface area (Å²) in [5.74, 6) is -1.02. The van der Waals surface area contributed by atoms with Gasteiger partial charge in [0.15, 0.2) is 0 Å². The van der Waals surface area contributed by atoms with Crippen LogP contribution in [0.2, 0.25) is 0 Å². The lowest BCUT2D eigenvalue weighted by Crippen LogP contribution is -2.18. The van der Waals surface area contributed by atoms with Gasteiger partial charge in [0.1, 0.15) is 0 Å². The van der Waals surface area contributed by atoms with E-state index in [1.165, 1.54) is 11.1 Å². The van der Waals surface area contributed by atoms with Gasteiger partial charge in [0.25, 0.3) is 0 Å². The Morgan fingerprint density at radius 2 is 2.41 bits per heavy atom. The number of rotatable bonds is 5. The second-order valence-electron chi connectivity index (χ2n) is 3.70. The summed E-state index contributed by atoms with van der Waals surface area (Å²) in [5, 5.41) is 14.2. The summed E-state index contributed by atoms with van der Waals surface area (Å²) in [6, 6.07) is 5.93. The normalized spacial score (nSPS) is 12.5. The Bertz CT molecular complexity index is 490. The van der Waals surface area contributed by atoms with Gasteiger partial charge in [-0.05, 0) is 24.4 Å². The molecule has 2 N–H and O–H groups in total. The van der Waals surface area contributed by atoms with Crippen molar-refractivity contribution in [2.75, 3.05) is 0 Å². The summed E-state index contributed by atoms with van der Waals surface area (Å²) >= 11 is 1.68. The molecule has 1 atom stereocenters. The Morgan fingerprint density at radius 3 is 3.06 bits per heavy atom. The van der Waals surface area contributed by atoms with Crippen LogP contribution in [0.25, 0.3) is 0 Å². The zero-order valence-corrected chi connectivity index (χ0v) is 10.2. The molecule has 0 aliphatic rings. The number of furan rings is 1. The molecule has 0 saturated heterocycles. The SMILES string of the molecule is CC(NCc1ccoc1C(=O)O)c1cccs1. The summed E-state index contributed by atoms with van der Waals surface area (Å²) < 4.78 is 4.91. The molecule has 2 rings (SSSR count). The Morgan fingerprint density at radius 1 is 1.59 bits per heavy atom. The van der Waals surface area contributed by atoms with Crippen molar-refractivity contribution in [3.63, 3.8) is 0 Å². The first-order valence-corrected chi connectivity index (χ1v) is 6.13. The Balaban J connectivity index is 1.98. The molecule has 90 valence electrons. The van der Waals surface area contributed by atoms with Crippen molar-refractivity contribution in [3.8, 4) is 0 Å². The standard InChI is InChI=1S/C12H13NO3S/c1-8(10-3-2-6-17-10)13-7-9-4-5-16-11(9)12(14)15/h2-6,8,13H,7H2,1H3,(H,14,15). The van der Waals surface area contributed by atoms with Gasteiger partial charge >= 0.3 is 5.97 Å². The smallest absolute Gasteiger partial charge is 0.372 e. The van der Waals surface area contributed by atoms with Crippen molar-refractivity contribution >= 4 is 17.3 Å². The lowest BCUT2D eigenvalue weighted by molar-refractivity contribution is 0.0660. The van der Waals surface area contributed by atoms with Gasteiger partial charge in [-0.2, -0.15) is 0 Å². The van der Waals surface area contributed by atoms with E-state index in [9.17, 15) is 4.79 Å². The Labute approximate surface area is 103 Å². The highest BCUT2D eigenvalue weighted by molar-refractivity contribution is 7.10. The fraction of sp³-hybridized carbons (Fsp3) is 0.250. The van der Waals surface area contributed by atoms with E-state index in [1.807, 2.05) is 18.4 Å². The van der Waals surface area contributed by atoms with E-state index < -0.39 is 5.97 Å². The van der Waals surface area contributed by atoms with Gasteiger partial charge < -0.3 is 14.8 Å². The minimum atomic E-state index is -1.03. The van der Waals surface area contributed by atoms with Crippen molar-refractivity contribution in [2.45, 2.75) is 19.5 Å². The average Bonchev–Trinajstić information content (AvgIpc) is 2.96. The highest BCUT2D eigenvalue weighted by Crippen LogP contribution is 2.19. The van der Waals surface area contributed by atoms with Gasteiger partial charge in [-0.15, -0.1) is 11.3 Å². The monoisotopic (exact) mass is 251 g/mol. The van der Waals surface area contributed by atoms with Crippen LogP contribution >= 0.6 is 11.3 Å². The van der Waals surface area contributed by atoms with Crippen molar-refractivity contribution < 1.29 is 14.3 Å². The van der Waals surface area contributed by atoms with Gasteiger partial charge in [-0.3, -0.25) is 0 Å². The molecule has 0 aliphatic heterocycles. The lowest BCUT2D eigenvalue weighted by atomic mass is 10.2. The molecule has 0 bridgehead atoms. The van der Waals surface area contributed by atoms with Crippen molar-refractivity contribution in [1.29, 1.82) is 0 Å². The third-order valence-corrected chi connectivity index (χ3v) is 3.56. The summed E-state index contributed by atoms with van der Waals surface area (Å²) in [6.07, 6.45) is 1.40. The first-order valence-electron chi connectivity index (χ1n) is 5.25. The molecule has 2 heterocycles. The maximum atomic E-state index is 10.8. The van der Waals surface area contributed by atoms with Crippen molar-refractivity contribution in [1.82, 2.24) is 5.32 Å². The highest BCUT2D eigenvalue weighted by Gasteiger charge is 2.14. The molecular formula is C12H13NO3S. The van der Waals surface area contributed by atoms with E-state index in [0.29, 0.717) is 12.1 Å². The highest BCUT2D eigenvalue weighted by atomic mass is 32.1. The molecule has 0 aromatic carbocycles. The summed E-state index contributed by atoms with van der Waals surface area (Å²) in [7, 11) is 0. The van der Waals surface area contributed by atoms with Crippen molar-refractivity contribution in [2.24, 2.45) is 0 Å². The third-order valence-electron chi connectivity index (χ3n) is 2.51. The number of hydrogen-bond donors (Lipinski definition) is 2.